The van der Waals surface area contributed by atoms with Crippen molar-refractivity contribution in [1.29, 1.82) is 0 Å². The SMILES string of the molecule is CC1CCN(Cc2noc(-c3ccc(C(F)(F)F)cc3)n2)CC1. The van der Waals surface area contributed by atoms with Gasteiger partial charge < -0.3 is 4.52 Å². The van der Waals surface area contributed by atoms with E-state index in [1.807, 2.05) is 0 Å². The van der Waals surface area contributed by atoms with Crippen molar-refractivity contribution in [2.75, 3.05) is 13.1 Å². The Bertz CT molecular complexity index is 643. The van der Waals surface area contributed by atoms with Crippen molar-refractivity contribution in [2.24, 2.45) is 5.92 Å². The molecular formula is C16H18F3N3O. The predicted molar refractivity (Wildman–Crippen MR) is 78.4 cm³/mol. The fourth-order valence-corrected chi connectivity index (χ4v) is 2.66. The summed E-state index contributed by atoms with van der Waals surface area (Å²) in [5.74, 6) is 1.56. The third kappa shape index (κ3) is 3.90. The van der Waals surface area contributed by atoms with Crippen molar-refractivity contribution in [3.63, 3.8) is 0 Å². The number of aromatic nitrogens is 2. The van der Waals surface area contributed by atoms with Crippen LogP contribution in [0.2, 0.25) is 0 Å². The van der Waals surface area contributed by atoms with Gasteiger partial charge in [0.25, 0.3) is 5.89 Å². The van der Waals surface area contributed by atoms with E-state index in [4.69, 9.17) is 4.52 Å². The molecule has 0 aliphatic carbocycles. The van der Waals surface area contributed by atoms with Gasteiger partial charge in [-0.25, -0.2) is 0 Å². The van der Waals surface area contributed by atoms with E-state index in [0.29, 0.717) is 17.9 Å². The molecule has 3 rings (SSSR count). The van der Waals surface area contributed by atoms with E-state index < -0.39 is 11.7 Å². The minimum Gasteiger partial charge on any atom is -0.334 e. The molecule has 0 spiro atoms. The molecule has 1 fully saturated rings. The molecule has 2 heterocycles. The molecule has 0 bridgehead atoms. The molecule has 0 unspecified atom stereocenters. The Labute approximate surface area is 132 Å². The predicted octanol–water partition coefficient (Wildman–Crippen LogP) is 3.99. The molecule has 0 amide bonds. The van der Waals surface area contributed by atoms with Crippen LogP contribution in [0.15, 0.2) is 28.8 Å². The normalized spacial score (nSPS) is 17.6. The van der Waals surface area contributed by atoms with Crippen molar-refractivity contribution in [1.82, 2.24) is 15.0 Å². The lowest BCUT2D eigenvalue weighted by Gasteiger charge is -2.28. The highest BCUT2D eigenvalue weighted by Gasteiger charge is 2.30. The quantitative estimate of drug-likeness (QED) is 0.856. The van der Waals surface area contributed by atoms with Crippen LogP contribution < -0.4 is 0 Å². The summed E-state index contributed by atoms with van der Waals surface area (Å²) in [6, 6.07) is 4.74. The van der Waals surface area contributed by atoms with Gasteiger partial charge in [0, 0.05) is 5.56 Å². The average molecular weight is 325 g/mol. The second kappa shape index (κ2) is 6.31. The molecule has 0 radical (unpaired) electrons. The Balaban J connectivity index is 1.67. The van der Waals surface area contributed by atoms with Gasteiger partial charge in [-0.3, -0.25) is 4.90 Å². The van der Waals surface area contributed by atoms with Crippen molar-refractivity contribution in [3.05, 3.63) is 35.7 Å². The first-order valence-electron chi connectivity index (χ1n) is 7.64. The van der Waals surface area contributed by atoms with Gasteiger partial charge in [-0.15, -0.1) is 0 Å². The number of hydrogen-bond donors (Lipinski definition) is 0. The molecule has 1 aliphatic rings. The molecule has 1 aromatic heterocycles. The average Bonchev–Trinajstić information content (AvgIpc) is 2.97. The molecule has 0 atom stereocenters. The summed E-state index contributed by atoms with van der Waals surface area (Å²) in [6.45, 7) is 4.86. The maximum absolute atomic E-state index is 12.6. The van der Waals surface area contributed by atoms with Gasteiger partial charge in [0.1, 0.15) is 0 Å². The number of piperidine rings is 1. The van der Waals surface area contributed by atoms with Gasteiger partial charge >= 0.3 is 6.18 Å². The van der Waals surface area contributed by atoms with Crippen LogP contribution in [0.25, 0.3) is 11.5 Å². The maximum Gasteiger partial charge on any atom is 0.416 e. The summed E-state index contributed by atoms with van der Waals surface area (Å²) in [4.78, 5) is 6.55. The van der Waals surface area contributed by atoms with Crippen molar-refractivity contribution >= 4 is 0 Å². The van der Waals surface area contributed by atoms with Gasteiger partial charge in [0.05, 0.1) is 12.1 Å². The third-order valence-electron chi connectivity index (χ3n) is 4.17. The molecule has 0 saturated carbocycles. The van der Waals surface area contributed by atoms with E-state index in [9.17, 15) is 13.2 Å². The van der Waals surface area contributed by atoms with Crippen LogP contribution in [0.1, 0.15) is 31.2 Å². The van der Waals surface area contributed by atoms with Crippen LogP contribution in [-0.2, 0) is 12.7 Å². The number of benzene rings is 1. The first kappa shape index (κ1) is 16.0. The highest BCUT2D eigenvalue weighted by atomic mass is 19.4. The molecule has 4 nitrogen and oxygen atoms in total. The Morgan fingerprint density at radius 1 is 1.17 bits per heavy atom. The zero-order valence-corrected chi connectivity index (χ0v) is 12.8. The first-order valence-corrected chi connectivity index (χ1v) is 7.64. The lowest BCUT2D eigenvalue weighted by molar-refractivity contribution is -0.137. The largest absolute Gasteiger partial charge is 0.416 e. The van der Waals surface area contributed by atoms with Crippen LogP contribution in [0.4, 0.5) is 13.2 Å². The maximum atomic E-state index is 12.6. The standard InChI is InChI=1S/C16H18F3N3O/c1-11-6-8-22(9-7-11)10-14-20-15(23-21-14)12-2-4-13(5-3-12)16(17,18)19/h2-5,11H,6-10H2,1H3. The molecule has 2 aromatic rings. The Morgan fingerprint density at radius 2 is 1.83 bits per heavy atom. The minimum absolute atomic E-state index is 0.249. The van der Waals surface area contributed by atoms with E-state index >= 15 is 0 Å². The summed E-state index contributed by atoms with van der Waals surface area (Å²) in [7, 11) is 0. The van der Waals surface area contributed by atoms with E-state index in [2.05, 4.69) is 22.0 Å². The summed E-state index contributed by atoms with van der Waals surface area (Å²) < 4.78 is 42.8. The summed E-state index contributed by atoms with van der Waals surface area (Å²) in [5.41, 5.74) is -0.201. The van der Waals surface area contributed by atoms with Crippen LogP contribution in [0.5, 0.6) is 0 Å². The first-order chi connectivity index (χ1) is 10.9. The zero-order valence-electron chi connectivity index (χ0n) is 12.8. The topological polar surface area (TPSA) is 42.2 Å². The van der Waals surface area contributed by atoms with Crippen LogP contribution >= 0.6 is 0 Å². The second-order valence-electron chi connectivity index (χ2n) is 6.05. The molecule has 23 heavy (non-hydrogen) atoms. The zero-order chi connectivity index (χ0) is 16.4. The molecule has 1 aliphatic heterocycles. The molecular weight excluding hydrogens is 307 g/mol. The summed E-state index contributed by atoms with van der Waals surface area (Å²) >= 11 is 0. The lowest BCUT2D eigenvalue weighted by atomic mass is 9.99. The molecule has 7 heteroatoms. The Hall–Kier alpha value is -1.89. The summed E-state index contributed by atoms with van der Waals surface area (Å²) in [6.07, 6.45) is -2.03. The van der Waals surface area contributed by atoms with E-state index in [0.717, 1.165) is 44.0 Å². The van der Waals surface area contributed by atoms with Crippen molar-refractivity contribution in [3.8, 4) is 11.5 Å². The van der Waals surface area contributed by atoms with Crippen LogP contribution in [-0.4, -0.2) is 28.1 Å². The monoisotopic (exact) mass is 325 g/mol. The van der Waals surface area contributed by atoms with Crippen LogP contribution in [0, 0.1) is 5.92 Å². The molecule has 124 valence electrons. The Kier molecular flexibility index (Phi) is 4.39. The lowest BCUT2D eigenvalue weighted by Crippen LogP contribution is -2.32. The van der Waals surface area contributed by atoms with Gasteiger partial charge in [0.2, 0.25) is 0 Å². The smallest absolute Gasteiger partial charge is 0.334 e. The fraction of sp³-hybridized carbons (Fsp3) is 0.500. The highest BCUT2D eigenvalue weighted by Crippen LogP contribution is 2.30. The van der Waals surface area contributed by atoms with E-state index in [-0.39, 0.29) is 5.89 Å². The molecule has 1 aromatic carbocycles. The fourth-order valence-electron chi connectivity index (χ4n) is 2.66. The number of alkyl halides is 3. The van der Waals surface area contributed by atoms with Crippen molar-refractivity contribution in [2.45, 2.75) is 32.5 Å². The number of nitrogens with zero attached hydrogens (tertiary/aromatic N) is 3. The van der Waals surface area contributed by atoms with Gasteiger partial charge in [-0.05, 0) is 56.1 Å². The highest BCUT2D eigenvalue weighted by molar-refractivity contribution is 5.53. The number of likely N-dealkylation sites (tertiary alicyclic amines) is 1. The van der Waals surface area contributed by atoms with Crippen molar-refractivity contribution < 1.29 is 17.7 Å². The molecule has 1 saturated heterocycles. The van der Waals surface area contributed by atoms with E-state index in [1.165, 1.54) is 12.1 Å². The summed E-state index contributed by atoms with van der Waals surface area (Å²) in [5, 5.41) is 3.93. The van der Waals surface area contributed by atoms with E-state index in [1.54, 1.807) is 0 Å². The third-order valence-corrected chi connectivity index (χ3v) is 4.17. The number of hydrogen-bond acceptors (Lipinski definition) is 4. The Morgan fingerprint density at radius 3 is 2.43 bits per heavy atom. The van der Waals surface area contributed by atoms with Gasteiger partial charge in [-0.2, -0.15) is 18.2 Å². The molecule has 0 N–H and O–H groups in total. The van der Waals surface area contributed by atoms with Crippen LogP contribution in [0.3, 0.4) is 0 Å². The van der Waals surface area contributed by atoms with Gasteiger partial charge in [0.15, 0.2) is 5.82 Å². The van der Waals surface area contributed by atoms with Gasteiger partial charge in [-0.1, -0.05) is 12.1 Å². The second-order valence-corrected chi connectivity index (χ2v) is 6.05. The minimum atomic E-state index is -4.34. The number of rotatable bonds is 3. The number of halogens is 3.